The third-order valence-electron chi connectivity index (χ3n) is 4.55. The lowest BCUT2D eigenvalue weighted by Gasteiger charge is -2.09. The number of aromatic nitrogens is 3. The average Bonchev–Trinajstić information content (AvgIpc) is 3.09. The molecule has 1 aromatic carbocycles. The first kappa shape index (κ1) is 16.7. The summed E-state index contributed by atoms with van der Waals surface area (Å²) in [7, 11) is 0. The van der Waals surface area contributed by atoms with Crippen LogP contribution < -0.4 is 0 Å². The van der Waals surface area contributed by atoms with Gasteiger partial charge < -0.3 is 5.11 Å². The second-order valence-corrected chi connectivity index (χ2v) is 7.37. The van der Waals surface area contributed by atoms with Crippen LogP contribution in [0, 0.1) is 32.6 Å². The van der Waals surface area contributed by atoms with Gasteiger partial charge in [0.05, 0.1) is 5.71 Å². The molecule has 1 aliphatic rings. The van der Waals surface area contributed by atoms with Crippen molar-refractivity contribution in [2.24, 2.45) is 4.99 Å². The summed E-state index contributed by atoms with van der Waals surface area (Å²) in [6.07, 6.45) is 0. The molecule has 3 heterocycles. The predicted octanol–water partition coefficient (Wildman–Crippen LogP) is 2.95. The van der Waals surface area contributed by atoms with Gasteiger partial charge in [-0.2, -0.15) is 0 Å². The summed E-state index contributed by atoms with van der Waals surface area (Å²) in [5.41, 5.74) is 5.31. The van der Waals surface area contributed by atoms with Gasteiger partial charge in [0.15, 0.2) is 5.82 Å². The number of aliphatic hydroxyl groups is 1. The minimum absolute atomic E-state index is 0.135. The Morgan fingerprint density at radius 3 is 2.65 bits per heavy atom. The molecule has 26 heavy (non-hydrogen) atoms. The van der Waals surface area contributed by atoms with Crippen LogP contribution >= 0.6 is 11.3 Å². The largest absolute Gasteiger partial charge is 0.384 e. The predicted molar refractivity (Wildman–Crippen MR) is 103 cm³/mol. The van der Waals surface area contributed by atoms with Crippen LogP contribution in [-0.4, -0.2) is 32.2 Å². The summed E-state index contributed by atoms with van der Waals surface area (Å²) < 4.78 is 2.12. The van der Waals surface area contributed by atoms with Crippen LogP contribution in [0.25, 0.3) is 5.00 Å². The van der Waals surface area contributed by atoms with Gasteiger partial charge in [-0.25, -0.2) is 0 Å². The summed E-state index contributed by atoms with van der Waals surface area (Å²) in [4.78, 5) is 6.15. The molecule has 0 atom stereocenters. The summed E-state index contributed by atoms with van der Waals surface area (Å²) >= 11 is 1.76. The van der Waals surface area contributed by atoms with Crippen molar-refractivity contribution < 1.29 is 5.11 Å². The van der Waals surface area contributed by atoms with Crippen LogP contribution in [-0.2, 0) is 6.54 Å². The lowest BCUT2D eigenvalue weighted by atomic mass is 9.99. The third-order valence-corrected chi connectivity index (χ3v) is 5.74. The molecule has 0 saturated heterocycles. The van der Waals surface area contributed by atoms with Gasteiger partial charge in [0.1, 0.15) is 24.0 Å². The van der Waals surface area contributed by atoms with Gasteiger partial charge >= 0.3 is 0 Å². The Bertz CT molecular complexity index is 1080. The van der Waals surface area contributed by atoms with Crippen molar-refractivity contribution in [2.75, 3.05) is 6.61 Å². The van der Waals surface area contributed by atoms with E-state index in [0.29, 0.717) is 6.54 Å². The molecular formula is C20H18N4OS. The standard InChI is InChI=1S/C20H18N4OS/c1-12-13(2)26-20-18(12)19(21-11-17-23-22-14(3)24(17)20)16-8-6-15(7-9-16)5-4-10-25/h6-9,25H,10-11H2,1-3H3. The van der Waals surface area contributed by atoms with Crippen LogP contribution in [0.4, 0.5) is 0 Å². The van der Waals surface area contributed by atoms with E-state index < -0.39 is 0 Å². The highest BCUT2D eigenvalue weighted by Crippen LogP contribution is 2.36. The number of aliphatic hydroxyl groups excluding tert-OH is 1. The highest BCUT2D eigenvalue weighted by atomic mass is 32.1. The maximum Gasteiger partial charge on any atom is 0.160 e. The Morgan fingerprint density at radius 2 is 1.92 bits per heavy atom. The highest BCUT2D eigenvalue weighted by Gasteiger charge is 2.26. The number of thiophene rings is 1. The number of hydrogen-bond acceptors (Lipinski definition) is 5. The lowest BCUT2D eigenvalue weighted by Crippen LogP contribution is -2.07. The van der Waals surface area contributed by atoms with Crippen molar-refractivity contribution in [1.29, 1.82) is 0 Å². The minimum Gasteiger partial charge on any atom is -0.384 e. The molecule has 1 aliphatic heterocycles. The van der Waals surface area contributed by atoms with E-state index in [1.807, 2.05) is 31.2 Å². The lowest BCUT2D eigenvalue weighted by molar-refractivity contribution is 0.350. The van der Waals surface area contributed by atoms with Gasteiger partial charge in [-0.3, -0.25) is 9.56 Å². The number of aryl methyl sites for hydroxylation is 2. The summed E-state index contributed by atoms with van der Waals surface area (Å²) in [5, 5.41) is 18.5. The van der Waals surface area contributed by atoms with E-state index in [-0.39, 0.29) is 6.61 Å². The Kier molecular flexibility index (Phi) is 4.19. The fraction of sp³-hybridized carbons (Fsp3) is 0.250. The Hall–Kier alpha value is -2.75. The first-order valence-corrected chi connectivity index (χ1v) is 9.18. The van der Waals surface area contributed by atoms with Crippen molar-refractivity contribution in [3.8, 4) is 16.8 Å². The van der Waals surface area contributed by atoms with Gasteiger partial charge in [0.2, 0.25) is 0 Å². The number of benzene rings is 1. The molecular weight excluding hydrogens is 344 g/mol. The van der Waals surface area contributed by atoms with E-state index in [1.165, 1.54) is 10.4 Å². The minimum atomic E-state index is -0.135. The van der Waals surface area contributed by atoms with E-state index in [4.69, 9.17) is 10.1 Å². The van der Waals surface area contributed by atoms with Crippen LogP contribution in [0.3, 0.4) is 0 Å². The molecule has 2 aromatic heterocycles. The normalized spacial score (nSPS) is 12.5. The van der Waals surface area contributed by atoms with Crippen molar-refractivity contribution in [3.63, 3.8) is 0 Å². The smallest absolute Gasteiger partial charge is 0.160 e. The Balaban J connectivity index is 1.87. The van der Waals surface area contributed by atoms with Crippen molar-refractivity contribution in [3.05, 3.63) is 63.0 Å². The molecule has 0 saturated carbocycles. The van der Waals surface area contributed by atoms with E-state index in [9.17, 15) is 0 Å². The van der Waals surface area contributed by atoms with Crippen molar-refractivity contribution in [2.45, 2.75) is 27.3 Å². The number of nitrogens with zero attached hydrogens (tertiary/aromatic N) is 4. The summed E-state index contributed by atoms with van der Waals surface area (Å²) in [5.74, 6) is 7.35. The fourth-order valence-electron chi connectivity index (χ4n) is 3.14. The van der Waals surface area contributed by atoms with Gasteiger partial charge in [-0.1, -0.05) is 24.0 Å². The first-order valence-electron chi connectivity index (χ1n) is 8.36. The second-order valence-electron chi connectivity index (χ2n) is 6.16. The maximum atomic E-state index is 8.84. The van der Waals surface area contributed by atoms with Gasteiger partial charge in [0.25, 0.3) is 0 Å². The van der Waals surface area contributed by atoms with Crippen LogP contribution in [0.2, 0.25) is 0 Å². The fourth-order valence-corrected chi connectivity index (χ4v) is 4.36. The van der Waals surface area contributed by atoms with E-state index in [1.54, 1.807) is 11.3 Å². The second kappa shape index (κ2) is 6.52. The monoisotopic (exact) mass is 362 g/mol. The van der Waals surface area contributed by atoms with Crippen LogP contribution in [0.15, 0.2) is 29.3 Å². The number of hydrogen-bond donors (Lipinski definition) is 1. The Labute approximate surface area is 156 Å². The molecule has 5 nitrogen and oxygen atoms in total. The molecule has 4 rings (SSSR count). The molecule has 0 amide bonds. The molecule has 6 heteroatoms. The zero-order chi connectivity index (χ0) is 18.3. The molecule has 0 radical (unpaired) electrons. The first-order chi connectivity index (χ1) is 12.6. The number of aliphatic imine (C=N–C) groups is 1. The molecule has 0 aliphatic carbocycles. The highest BCUT2D eigenvalue weighted by molar-refractivity contribution is 7.15. The summed E-state index contributed by atoms with van der Waals surface area (Å²) in [6, 6.07) is 8.00. The number of fused-ring (bicyclic) bond motifs is 3. The van der Waals surface area contributed by atoms with E-state index in [2.05, 4.69) is 40.5 Å². The average molecular weight is 362 g/mol. The van der Waals surface area contributed by atoms with Gasteiger partial charge in [-0.05, 0) is 38.5 Å². The van der Waals surface area contributed by atoms with Gasteiger partial charge in [-0.15, -0.1) is 21.5 Å². The Morgan fingerprint density at radius 1 is 1.15 bits per heavy atom. The van der Waals surface area contributed by atoms with Crippen LogP contribution in [0.5, 0.6) is 0 Å². The van der Waals surface area contributed by atoms with E-state index >= 15 is 0 Å². The molecule has 0 unspecified atom stereocenters. The van der Waals surface area contributed by atoms with E-state index in [0.717, 1.165) is 39.1 Å². The molecule has 1 N–H and O–H groups in total. The van der Waals surface area contributed by atoms with Crippen molar-refractivity contribution in [1.82, 2.24) is 14.8 Å². The zero-order valence-electron chi connectivity index (χ0n) is 14.9. The molecule has 130 valence electrons. The summed E-state index contributed by atoms with van der Waals surface area (Å²) in [6.45, 7) is 6.63. The molecule has 0 fully saturated rings. The van der Waals surface area contributed by atoms with Crippen LogP contribution in [0.1, 0.15) is 38.8 Å². The van der Waals surface area contributed by atoms with Crippen molar-refractivity contribution >= 4 is 17.0 Å². The zero-order valence-corrected chi connectivity index (χ0v) is 15.7. The third kappa shape index (κ3) is 2.66. The topological polar surface area (TPSA) is 63.3 Å². The molecule has 0 bridgehead atoms. The quantitative estimate of drug-likeness (QED) is 0.677. The SMILES string of the molecule is Cc1sc2c(c1C)C(c1ccc(C#CCO)cc1)=NCc1nnc(C)n1-2. The maximum absolute atomic E-state index is 8.84. The van der Waals surface area contributed by atoms with Gasteiger partial charge in [0, 0.05) is 21.6 Å². The molecule has 0 spiro atoms. The number of rotatable bonds is 1. The molecule has 3 aromatic rings.